The quantitative estimate of drug-likeness (QED) is 0.848. The Kier molecular flexibility index (Phi) is 3.02. The van der Waals surface area contributed by atoms with Gasteiger partial charge >= 0.3 is 0 Å². The molecule has 0 aromatic heterocycles. The second-order valence-electron chi connectivity index (χ2n) is 4.20. The maximum absolute atomic E-state index is 9.35. The zero-order valence-electron chi connectivity index (χ0n) is 10.2. The number of thioether (sulfide) groups is 1. The van der Waals surface area contributed by atoms with Gasteiger partial charge in [-0.2, -0.15) is 22.1 Å². The zero-order chi connectivity index (χ0) is 13.2. The molecular formula is C14H12N4S. The van der Waals surface area contributed by atoms with E-state index in [1.807, 2.05) is 36.4 Å². The molecule has 0 amide bonds. The van der Waals surface area contributed by atoms with Crippen molar-refractivity contribution in [3.05, 3.63) is 53.4 Å². The van der Waals surface area contributed by atoms with Crippen LogP contribution in [0.4, 0.5) is 5.69 Å². The first kappa shape index (κ1) is 11.9. The average Bonchev–Trinajstić information content (AvgIpc) is 2.47. The highest BCUT2D eigenvalue weighted by Crippen LogP contribution is 2.30. The number of hydrazone groups is 1. The first-order chi connectivity index (χ1) is 9.31. The van der Waals surface area contributed by atoms with Crippen LogP contribution >= 0.6 is 11.8 Å². The number of anilines is 1. The molecule has 0 atom stereocenters. The third kappa shape index (κ3) is 2.00. The van der Waals surface area contributed by atoms with Crippen LogP contribution < -0.4 is 10.7 Å². The average molecular weight is 268 g/mol. The van der Waals surface area contributed by atoms with Gasteiger partial charge in [0.1, 0.15) is 17.5 Å². The van der Waals surface area contributed by atoms with Gasteiger partial charge in [-0.3, -0.25) is 0 Å². The largest absolute Gasteiger partial charge is 0.383 e. The molecule has 2 heterocycles. The molecule has 4 nitrogen and oxygen atoms in total. The van der Waals surface area contributed by atoms with E-state index in [0.29, 0.717) is 11.4 Å². The zero-order valence-corrected chi connectivity index (χ0v) is 11.0. The fraction of sp³-hybridized carbons (Fsp3) is 0.143. The fourth-order valence-corrected chi connectivity index (χ4v) is 2.93. The van der Waals surface area contributed by atoms with E-state index in [2.05, 4.69) is 11.2 Å². The van der Waals surface area contributed by atoms with Crippen molar-refractivity contribution >= 4 is 23.2 Å². The maximum Gasteiger partial charge on any atom is 0.144 e. The summed E-state index contributed by atoms with van der Waals surface area (Å²) < 4.78 is 0. The van der Waals surface area contributed by atoms with Gasteiger partial charge in [-0.25, -0.2) is 5.01 Å². The second-order valence-corrected chi connectivity index (χ2v) is 5.23. The Bertz CT molecular complexity index is 637. The summed E-state index contributed by atoms with van der Waals surface area (Å²) in [7, 11) is 0. The number of fused-ring (bicyclic) bond motifs is 1. The van der Waals surface area contributed by atoms with E-state index in [1.54, 1.807) is 16.8 Å². The molecule has 3 rings (SSSR count). The lowest BCUT2D eigenvalue weighted by atomic mass is 10.0. The van der Waals surface area contributed by atoms with E-state index in [-0.39, 0.29) is 0 Å². The van der Waals surface area contributed by atoms with E-state index >= 15 is 0 Å². The SMILES string of the molecule is N#CC1=C(N)N(c2ccccc2)N=C2CSCC=C21. The van der Waals surface area contributed by atoms with Crippen LogP contribution in [0.15, 0.2) is 58.5 Å². The van der Waals surface area contributed by atoms with E-state index in [4.69, 9.17) is 5.73 Å². The van der Waals surface area contributed by atoms with Gasteiger partial charge in [0.2, 0.25) is 0 Å². The Morgan fingerprint density at radius 2 is 2.11 bits per heavy atom. The van der Waals surface area contributed by atoms with Crippen LogP contribution in [-0.4, -0.2) is 17.2 Å². The number of nitriles is 1. The topological polar surface area (TPSA) is 65.4 Å². The summed E-state index contributed by atoms with van der Waals surface area (Å²) in [5, 5.41) is 15.6. The second kappa shape index (κ2) is 4.82. The van der Waals surface area contributed by atoms with Gasteiger partial charge in [0.25, 0.3) is 0 Å². The predicted octanol–water partition coefficient (Wildman–Crippen LogP) is 2.23. The number of para-hydroxylation sites is 1. The van der Waals surface area contributed by atoms with Gasteiger partial charge in [0, 0.05) is 17.1 Å². The number of allylic oxidation sites excluding steroid dienone is 2. The van der Waals surface area contributed by atoms with Gasteiger partial charge in [0.15, 0.2) is 0 Å². The van der Waals surface area contributed by atoms with Crippen LogP contribution in [0, 0.1) is 11.3 Å². The number of benzene rings is 1. The Hall–Kier alpha value is -2.19. The van der Waals surface area contributed by atoms with Crippen molar-refractivity contribution in [1.82, 2.24) is 0 Å². The van der Waals surface area contributed by atoms with Crippen molar-refractivity contribution in [2.75, 3.05) is 16.5 Å². The fourth-order valence-electron chi connectivity index (χ4n) is 2.12. The van der Waals surface area contributed by atoms with Crippen LogP contribution in [0.1, 0.15) is 0 Å². The number of hydrogen-bond donors (Lipinski definition) is 1. The molecule has 2 aliphatic rings. The van der Waals surface area contributed by atoms with Crippen LogP contribution in [0.2, 0.25) is 0 Å². The van der Waals surface area contributed by atoms with Crippen molar-refractivity contribution < 1.29 is 0 Å². The first-order valence-electron chi connectivity index (χ1n) is 5.92. The molecule has 0 unspecified atom stereocenters. The van der Waals surface area contributed by atoms with Crippen LogP contribution in [0.25, 0.3) is 0 Å². The molecule has 0 bridgehead atoms. The molecule has 0 saturated heterocycles. The molecule has 0 saturated carbocycles. The minimum atomic E-state index is 0.399. The minimum Gasteiger partial charge on any atom is -0.383 e. The van der Waals surface area contributed by atoms with Gasteiger partial charge < -0.3 is 5.73 Å². The number of nitrogens with two attached hydrogens (primary N) is 1. The maximum atomic E-state index is 9.35. The molecular weight excluding hydrogens is 256 g/mol. The molecule has 0 spiro atoms. The molecule has 2 aliphatic heterocycles. The highest BCUT2D eigenvalue weighted by Gasteiger charge is 2.27. The Morgan fingerprint density at radius 3 is 2.84 bits per heavy atom. The molecule has 0 radical (unpaired) electrons. The van der Waals surface area contributed by atoms with E-state index in [1.165, 1.54) is 0 Å². The third-order valence-electron chi connectivity index (χ3n) is 3.04. The highest BCUT2D eigenvalue weighted by molar-refractivity contribution is 8.00. The lowest BCUT2D eigenvalue weighted by molar-refractivity contribution is 0.945. The lowest BCUT2D eigenvalue weighted by Gasteiger charge is -2.29. The summed E-state index contributed by atoms with van der Waals surface area (Å²) in [5.41, 5.74) is 9.31. The number of nitrogens with zero attached hydrogens (tertiary/aromatic N) is 3. The molecule has 5 heteroatoms. The van der Waals surface area contributed by atoms with Crippen molar-refractivity contribution in [3.63, 3.8) is 0 Å². The summed E-state index contributed by atoms with van der Waals surface area (Å²) >= 11 is 1.78. The van der Waals surface area contributed by atoms with Crippen LogP contribution in [0.3, 0.4) is 0 Å². The highest BCUT2D eigenvalue weighted by atomic mass is 32.2. The molecule has 0 aliphatic carbocycles. The summed E-state index contributed by atoms with van der Waals surface area (Å²) in [4.78, 5) is 0. The smallest absolute Gasteiger partial charge is 0.144 e. The molecule has 1 aromatic rings. The van der Waals surface area contributed by atoms with E-state index in [0.717, 1.165) is 28.5 Å². The number of hydrogen-bond acceptors (Lipinski definition) is 5. The van der Waals surface area contributed by atoms with Crippen molar-refractivity contribution in [2.24, 2.45) is 10.8 Å². The lowest BCUT2D eigenvalue weighted by Crippen LogP contribution is -2.33. The Balaban J connectivity index is 2.12. The standard InChI is InChI=1S/C14H12N4S/c15-8-12-11-6-7-19-9-13(11)17-18(14(12)16)10-4-2-1-3-5-10/h1-6H,7,9,16H2. The van der Waals surface area contributed by atoms with Crippen LogP contribution in [0.5, 0.6) is 0 Å². The molecule has 19 heavy (non-hydrogen) atoms. The molecule has 1 aromatic carbocycles. The normalized spacial score (nSPS) is 18.4. The predicted molar refractivity (Wildman–Crippen MR) is 78.6 cm³/mol. The molecule has 2 N–H and O–H groups in total. The van der Waals surface area contributed by atoms with Gasteiger partial charge in [-0.05, 0) is 12.1 Å². The van der Waals surface area contributed by atoms with Gasteiger partial charge in [0.05, 0.1) is 11.4 Å². The molecule has 0 fully saturated rings. The van der Waals surface area contributed by atoms with E-state index < -0.39 is 0 Å². The van der Waals surface area contributed by atoms with Crippen LogP contribution in [-0.2, 0) is 0 Å². The summed E-state index contributed by atoms with van der Waals surface area (Å²) in [6.45, 7) is 0. The monoisotopic (exact) mass is 268 g/mol. The number of rotatable bonds is 1. The minimum absolute atomic E-state index is 0.399. The van der Waals surface area contributed by atoms with Crippen molar-refractivity contribution in [1.29, 1.82) is 5.26 Å². The summed E-state index contributed by atoms with van der Waals surface area (Å²) in [6, 6.07) is 11.9. The van der Waals surface area contributed by atoms with Gasteiger partial charge in [-0.15, -0.1) is 0 Å². The Morgan fingerprint density at radius 1 is 1.32 bits per heavy atom. The first-order valence-corrected chi connectivity index (χ1v) is 7.08. The van der Waals surface area contributed by atoms with Gasteiger partial charge in [-0.1, -0.05) is 24.3 Å². The van der Waals surface area contributed by atoms with E-state index in [9.17, 15) is 5.26 Å². The van der Waals surface area contributed by atoms with Crippen molar-refractivity contribution in [3.8, 4) is 6.07 Å². The third-order valence-corrected chi connectivity index (χ3v) is 3.92. The summed E-state index contributed by atoms with van der Waals surface area (Å²) in [5.74, 6) is 2.11. The Labute approximate surface area is 115 Å². The summed E-state index contributed by atoms with van der Waals surface area (Å²) in [6.07, 6.45) is 2.03. The molecule has 94 valence electrons. The van der Waals surface area contributed by atoms with Crippen molar-refractivity contribution in [2.45, 2.75) is 0 Å².